The van der Waals surface area contributed by atoms with E-state index in [2.05, 4.69) is 0 Å². The molecule has 29 heavy (non-hydrogen) atoms. The molecule has 0 aromatic heterocycles. The van der Waals surface area contributed by atoms with E-state index in [0.29, 0.717) is 25.1 Å². The van der Waals surface area contributed by atoms with Gasteiger partial charge in [0.1, 0.15) is 6.10 Å². The van der Waals surface area contributed by atoms with Crippen molar-refractivity contribution in [3.05, 3.63) is 65.7 Å². The summed E-state index contributed by atoms with van der Waals surface area (Å²) in [7, 11) is 0.390. The van der Waals surface area contributed by atoms with E-state index in [-0.39, 0.29) is 11.0 Å². The Kier molecular flexibility index (Phi) is 8.37. The molecule has 0 aliphatic heterocycles. The van der Waals surface area contributed by atoms with Crippen molar-refractivity contribution in [3.8, 4) is 0 Å². The van der Waals surface area contributed by atoms with Crippen molar-refractivity contribution in [1.82, 2.24) is 9.21 Å². The van der Waals surface area contributed by atoms with Gasteiger partial charge in [0, 0.05) is 26.1 Å². The molecule has 7 heteroatoms. The molecule has 2 rings (SSSR count). The third kappa shape index (κ3) is 6.13. The van der Waals surface area contributed by atoms with Gasteiger partial charge in [0.2, 0.25) is 10.0 Å². The van der Waals surface area contributed by atoms with Crippen molar-refractivity contribution in [2.45, 2.75) is 31.3 Å². The second kappa shape index (κ2) is 10.5. The van der Waals surface area contributed by atoms with Crippen LogP contribution in [0.15, 0.2) is 59.5 Å². The normalized spacial score (nSPS) is 12.9. The van der Waals surface area contributed by atoms with Crippen molar-refractivity contribution >= 4 is 16.0 Å². The minimum Gasteiger partial charge on any atom is -0.454 e. The quantitative estimate of drug-likeness (QED) is 0.552. The summed E-state index contributed by atoms with van der Waals surface area (Å²) < 4.78 is 32.3. The van der Waals surface area contributed by atoms with Gasteiger partial charge in [-0.25, -0.2) is 13.2 Å². The molecular formula is C22H30N2O4S. The highest BCUT2D eigenvalue weighted by Crippen LogP contribution is 2.24. The number of rotatable bonds is 10. The molecule has 0 bridgehead atoms. The van der Waals surface area contributed by atoms with E-state index in [0.717, 1.165) is 12.1 Å². The van der Waals surface area contributed by atoms with Crippen LogP contribution in [0.1, 0.15) is 42.3 Å². The number of hydrogen-bond donors (Lipinski definition) is 0. The molecule has 0 heterocycles. The number of hydrogen-bond acceptors (Lipinski definition) is 5. The summed E-state index contributed by atoms with van der Waals surface area (Å²) in [5, 5.41) is 0. The van der Waals surface area contributed by atoms with Gasteiger partial charge in [0.25, 0.3) is 0 Å². The zero-order valence-corrected chi connectivity index (χ0v) is 18.4. The Hall–Kier alpha value is -2.22. The molecule has 0 fully saturated rings. The Morgan fingerprint density at radius 2 is 1.55 bits per heavy atom. The summed E-state index contributed by atoms with van der Waals surface area (Å²) in [5.41, 5.74) is 1.26. The average Bonchev–Trinajstić information content (AvgIpc) is 2.72. The molecule has 1 unspecified atom stereocenters. The molecule has 2 aromatic rings. The van der Waals surface area contributed by atoms with E-state index < -0.39 is 16.0 Å². The van der Waals surface area contributed by atoms with Crippen LogP contribution in [0.2, 0.25) is 0 Å². The predicted molar refractivity (Wildman–Crippen MR) is 114 cm³/mol. The van der Waals surface area contributed by atoms with Crippen molar-refractivity contribution < 1.29 is 17.9 Å². The van der Waals surface area contributed by atoms with Crippen LogP contribution < -0.4 is 0 Å². The maximum Gasteiger partial charge on any atom is 0.338 e. The summed E-state index contributed by atoms with van der Waals surface area (Å²) >= 11 is 0. The third-order valence-electron chi connectivity index (χ3n) is 4.69. The van der Waals surface area contributed by atoms with E-state index in [1.165, 1.54) is 28.6 Å². The van der Waals surface area contributed by atoms with E-state index in [9.17, 15) is 13.2 Å². The number of carbonyl (C=O) groups excluding carboxylic acids is 1. The third-order valence-corrected chi connectivity index (χ3v) is 6.76. The fraction of sp³-hybridized carbons (Fsp3) is 0.409. The first-order valence-electron chi connectivity index (χ1n) is 9.80. The molecular weight excluding hydrogens is 388 g/mol. The standard InChI is InChI=1S/C22H30N2O4S/c1-5-24(6-2)29(26,27)20-14-12-19(13-15-20)22(25)28-21(16-17-23(3)4)18-10-8-7-9-11-18/h7-15,21H,5-6,16-17H2,1-4H3. The van der Waals surface area contributed by atoms with Crippen LogP contribution in [0.4, 0.5) is 0 Å². The SMILES string of the molecule is CCN(CC)S(=O)(=O)c1ccc(C(=O)OC(CCN(C)C)c2ccccc2)cc1. The molecule has 0 saturated heterocycles. The van der Waals surface area contributed by atoms with Gasteiger partial charge in [-0.2, -0.15) is 4.31 Å². The number of ether oxygens (including phenoxy) is 1. The van der Waals surface area contributed by atoms with E-state index in [1.807, 2.05) is 49.3 Å². The van der Waals surface area contributed by atoms with Crippen LogP contribution in [-0.4, -0.2) is 57.3 Å². The van der Waals surface area contributed by atoms with Gasteiger partial charge in [0.15, 0.2) is 0 Å². The molecule has 2 aromatic carbocycles. The molecule has 0 N–H and O–H groups in total. The predicted octanol–water partition coefficient (Wildman–Crippen LogP) is 3.57. The smallest absolute Gasteiger partial charge is 0.338 e. The van der Waals surface area contributed by atoms with Gasteiger partial charge in [-0.3, -0.25) is 0 Å². The molecule has 0 radical (unpaired) electrons. The van der Waals surface area contributed by atoms with Crippen molar-refractivity contribution in [1.29, 1.82) is 0 Å². The second-order valence-corrected chi connectivity index (χ2v) is 8.95. The summed E-state index contributed by atoms with van der Waals surface area (Å²) in [5.74, 6) is -0.468. The highest BCUT2D eigenvalue weighted by Gasteiger charge is 2.23. The maximum atomic E-state index is 12.7. The van der Waals surface area contributed by atoms with Crippen LogP contribution in [0.5, 0.6) is 0 Å². The minimum absolute atomic E-state index is 0.171. The summed E-state index contributed by atoms with van der Waals surface area (Å²) in [4.78, 5) is 14.9. The highest BCUT2D eigenvalue weighted by molar-refractivity contribution is 7.89. The first-order chi connectivity index (χ1) is 13.8. The summed E-state index contributed by atoms with van der Waals surface area (Å²) in [6, 6.07) is 15.6. The summed E-state index contributed by atoms with van der Waals surface area (Å²) in [6.45, 7) is 5.16. The fourth-order valence-electron chi connectivity index (χ4n) is 3.01. The molecule has 0 amide bonds. The first-order valence-corrected chi connectivity index (χ1v) is 11.2. The number of sulfonamides is 1. The Labute approximate surface area is 174 Å². The van der Waals surface area contributed by atoms with Crippen molar-refractivity contribution in [2.75, 3.05) is 33.7 Å². The highest BCUT2D eigenvalue weighted by atomic mass is 32.2. The molecule has 1 atom stereocenters. The lowest BCUT2D eigenvalue weighted by molar-refractivity contribution is 0.0261. The zero-order chi connectivity index (χ0) is 21.4. The average molecular weight is 419 g/mol. The van der Waals surface area contributed by atoms with Crippen LogP contribution in [-0.2, 0) is 14.8 Å². The number of carbonyl (C=O) groups is 1. The lowest BCUT2D eigenvalue weighted by Gasteiger charge is -2.21. The molecule has 0 spiro atoms. The fourth-order valence-corrected chi connectivity index (χ4v) is 4.47. The van der Waals surface area contributed by atoms with Gasteiger partial charge in [-0.15, -0.1) is 0 Å². The number of benzene rings is 2. The first kappa shape index (κ1) is 23.1. The van der Waals surface area contributed by atoms with Crippen LogP contribution in [0.25, 0.3) is 0 Å². The van der Waals surface area contributed by atoms with Crippen LogP contribution in [0, 0.1) is 0 Å². The maximum absolute atomic E-state index is 12.7. The molecule has 0 saturated carbocycles. The van der Waals surface area contributed by atoms with Crippen LogP contribution >= 0.6 is 0 Å². The van der Waals surface area contributed by atoms with E-state index >= 15 is 0 Å². The van der Waals surface area contributed by atoms with Crippen molar-refractivity contribution in [2.24, 2.45) is 0 Å². The second-order valence-electron chi connectivity index (χ2n) is 7.01. The van der Waals surface area contributed by atoms with Crippen molar-refractivity contribution in [3.63, 3.8) is 0 Å². The van der Waals surface area contributed by atoms with Gasteiger partial charge < -0.3 is 9.64 Å². The minimum atomic E-state index is -3.55. The van der Waals surface area contributed by atoms with Gasteiger partial charge in [0.05, 0.1) is 10.5 Å². The molecule has 0 aliphatic carbocycles. The van der Waals surface area contributed by atoms with Crippen LogP contribution in [0.3, 0.4) is 0 Å². The van der Waals surface area contributed by atoms with Gasteiger partial charge in [-0.1, -0.05) is 44.2 Å². The largest absolute Gasteiger partial charge is 0.454 e. The zero-order valence-electron chi connectivity index (χ0n) is 17.5. The van der Waals surface area contributed by atoms with E-state index in [4.69, 9.17) is 4.74 Å². The number of nitrogens with zero attached hydrogens (tertiary/aromatic N) is 2. The Morgan fingerprint density at radius 1 is 0.966 bits per heavy atom. The Bertz CT molecular complexity index is 877. The Balaban J connectivity index is 2.18. The Morgan fingerprint density at radius 3 is 2.07 bits per heavy atom. The summed E-state index contributed by atoms with van der Waals surface area (Å²) in [6.07, 6.45) is 0.294. The molecule has 6 nitrogen and oxygen atoms in total. The lowest BCUT2D eigenvalue weighted by Crippen LogP contribution is -2.30. The monoisotopic (exact) mass is 418 g/mol. The topological polar surface area (TPSA) is 66.9 Å². The number of esters is 1. The van der Waals surface area contributed by atoms with Gasteiger partial charge in [-0.05, 0) is 43.9 Å². The molecule has 0 aliphatic rings. The molecule has 158 valence electrons. The van der Waals surface area contributed by atoms with E-state index in [1.54, 1.807) is 13.8 Å². The lowest BCUT2D eigenvalue weighted by atomic mass is 10.1. The van der Waals surface area contributed by atoms with Gasteiger partial charge >= 0.3 is 5.97 Å².